The van der Waals surface area contributed by atoms with Crippen molar-refractivity contribution in [3.05, 3.63) is 41.9 Å². The number of fused-ring (bicyclic) bond motifs is 1. The van der Waals surface area contributed by atoms with Gasteiger partial charge in [0.1, 0.15) is 18.1 Å². The summed E-state index contributed by atoms with van der Waals surface area (Å²) < 4.78 is 7.76. The molecule has 0 aliphatic carbocycles. The average Bonchev–Trinajstić information content (AvgIpc) is 2.95. The maximum atomic E-state index is 9.10. The Morgan fingerprint density at radius 2 is 1.89 bits per heavy atom. The van der Waals surface area contributed by atoms with Gasteiger partial charge >= 0.3 is 0 Å². The van der Waals surface area contributed by atoms with Crippen LogP contribution in [0.25, 0.3) is 11.0 Å². The molecule has 0 spiro atoms. The fourth-order valence-electron chi connectivity index (χ4n) is 2.69. The summed E-state index contributed by atoms with van der Waals surface area (Å²) in [6.45, 7) is 7.43. The Bertz CT molecular complexity index is 977. The summed E-state index contributed by atoms with van der Waals surface area (Å²) >= 11 is 0. The van der Waals surface area contributed by atoms with Gasteiger partial charge in [-0.05, 0) is 23.1 Å². The minimum absolute atomic E-state index is 0.00991. The van der Waals surface area contributed by atoms with Gasteiger partial charge in [-0.25, -0.2) is 9.67 Å². The summed E-state index contributed by atoms with van der Waals surface area (Å²) in [6.07, 6.45) is 1.61. The van der Waals surface area contributed by atoms with Crippen LogP contribution in [-0.2, 0) is 13.2 Å². The lowest BCUT2D eigenvalue weighted by molar-refractivity contribution is 0.281. The van der Waals surface area contributed by atoms with E-state index in [4.69, 9.17) is 10.00 Å². The van der Waals surface area contributed by atoms with E-state index in [1.807, 2.05) is 32.3 Å². The highest BCUT2D eigenvalue weighted by Crippen LogP contribution is 2.27. The van der Waals surface area contributed by atoms with Crippen LogP contribution in [0.1, 0.15) is 32.2 Å². The van der Waals surface area contributed by atoms with Crippen molar-refractivity contribution in [3.63, 3.8) is 0 Å². The van der Waals surface area contributed by atoms with E-state index in [1.54, 1.807) is 10.9 Å². The number of rotatable bonds is 5. The molecule has 7 heteroatoms. The Hall–Kier alpha value is -3.14. The van der Waals surface area contributed by atoms with Crippen molar-refractivity contribution in [2.24, 2.45) is 5.41 Å². The molecule has 0 unspecified atom stereocenters. The minimum Gasteiger partial charge on any atom is -0.471 e. The van der Waals surface area contributed by atoms with Crippen LogP contribution < -0.4 is 9.64 Å². The summed E-state index contributed by atoms with van der Waals surface area (Å²) in [6, 6.07) is 10.2. The van der Waals surface area contributed by atoms with Crippen LogP contribution in [0, 0.1) is 16.7 Å². The molecule has 0 N–H and O–H groups in total. The Morgan fingerprint density at radius 1 is 1.19 bits per heavy atom. The SMILES string of the molecule is CN(C)c1ccc(COc2nn(CC(C)(C)C)c3nc(C#N)ncc23)cc1. The number of hydrogen-bond acceptors (Lipinski definition) is 6. The van der Waals surface area contributed by atoms with Crippen LogP contribution in [-0.4, -0.2) is 33.8 Å². The molecule has 0 radical (unpaired) electrons. The number of benzene rings is 1. The average molecular weight is 364 g/mol. The topological polar surface area (TPSA) is 79.9 Å². The summed E-state index contributed by atoms with van der Waals surface area (Å²) in [5.41, 5.74) is 2.81. The smallest absolute Gasteiger partial charge is 0.244 e. The van der Waals surface area contributed by atoms with E-state index < -0.39 is 0 Å². The molecule has 0 atom stereocenters. The van der Waals surface area contributed by atoms with Gasteiger partial charge in [0.2, 0.25) is 11.7 Å². The first-order chi connectivity index (χ1) is 12.8. The molecule has 0 bridgehead atoms. The van der Waals surface area contributed by atoms with Crippen LogP contribution in [0.15, 0.2) is 30.5 Å². The lowest BCUT2D eigenvalue weighted by Crippen LogP contribution is -2.17. The van der Waals surface area contributed by atoms with Crippen molar-refractivity contribution >= 4 is 16.7 Å². The third-order valence-corrected chi connectivity index (χ3v) is 4.01. The fourth-order valence-corrected chi connectivity index (χ4v) is 2.69. The van der Waals surface area contributed by atoms with Crippen molar-refractivity contribution in [2.75, 3.05) is 19.0 Å². The molecule has 2 heterocycles. The third-order valence-electron chi connectivity index (χ3n) is 4.01. The zero-order valence-electron chi connectivity index (χ0n) is 16.4. The number of aromatic nitrogens is 4. The number of nitriles is 1. The minimum atomic E-state index is 0.00991. The highest BCUT2D eigenvalue weighted by molar-refractivity contribution is 5.80. The second-order valence-electron chi connectivity index (χ2n) is 7.92. The lowest BCUT2D eigenvalue weighted by Gasteiger charge is -2.17. The fraction of sp³-hybridized carbons (Fsp3) is 0.400. The Balaban J connectivity index is 1.88. The van der Waals surface area contributed by atoms with E-state index in [0.717, 1.165) is 11.3 Å². The Morgan fingerprint density at radius 3 is 2.48 bits per heavy atom. The monoisotopic (exact) mass is 364 g/mol. The van der Waals surface area contributed by atoms with Crippen LogP contribution in [0.3, 0.4) is 0 Å². The first-order valence-electron chi connectivity index (χ1n) is 8.79. The summed E-state index contributed by atoms with van der Waals surface area (Å²) in [4.78, 5) is 10.4. The molecule has 0 amide bonds. The molecule has 140 valence electrons. The van der Waals surface area contributed by atoms with Crippen molar-refractivity contribution < 1.29 is 4.74 Å². The zero-order valence-corrected chi connectivity index (χ0v) is 16.4. The molecule has 0 saturated heterocycles. The molecule has 3 aromatic rings. The Kier molecular flexibility index (Phi) is 5.00. The predicted molar refractivity (Wildman–Crippen MR) is 105 cm³/mol. The lowest BCUT2D eigenvalue weighted by atomic mass is 9.97. The van der Waals surface area contributed by atoms with Gasteiger partial charge in [-0.2, -0.15) is 10.2 Å². The largest absolute Gasteiger partial charge is 0.471 e. The van der Waals surface area contributed by atoms with E-state index in [0.29, 0.717) is 30.1 Å². The molecule has 7 nitrogen and oxygen atoms in total. The standard InChI is InChI=1S/C20H24N6O/c1-20(2,3)13-26-18-16(11-22-17(10-21)23-18)19(24-26)27-12-14-6-8-15(9-7-14)25(4)5/h6-9,11H,12-13H2,1-5H3. The first-order valence-corrected chi connectivity index (χ1v) is 8.79. The number of anilines is 1. The normalized spacial score (nSPS) is 11.4. The van der Waals surface area contributed by atoms with Gasteiger partial charge in [0.15, 0.2) is 5.65 Å². The van der Waals surface area contributed by atoms with Gasteiger partial charge in [0.25, 0.3) is 0 Å². The van der Waals surface area contributed by atoms with Gasteiger partial charge in [-0.15, -0.1) is 5.10 Å². The van der Waals surface area contributed by atoms with E-state index >= 15 is 0 Å². The summed E-state index contributed by atoms with van der Waals surface area (Å²) in [7, 11) is 4.02. The summed E-state index contributed by atoms with van der Waals surface area (Å²) in [5.74, 6) is 0.610. The van der Waals surface area contributed by atoms with E-state index in [1.165, 1.54) is 0 Å². The molecule has 0 aliphatic heterocycles. The van der Waals surface area contributed by atoms with Crippen LogP contribution in [0.4, 0.5) is 5.69 Å². The molecule has 1 aromatic carbocycles. The molecule has 2 aromatic heterocycles. The molecule has 0 saturated carbocycles. The van der Waals surface area contributed by atoms with Crippen LogP contribution >= 0.6 is 0 Å². The highest BCUT2D eigenvalue weighted by atomic mass is 16.5. The van der Waals surface area contributed by atoms with Gasteiger partial charge in [-0.3, -0.25) is 0 Å². The number of hydrogen-bond donors (Lipinski definition) is 0. The van der Waals surface area contributed by atoms with Gasteiger partial charge < -0.3 is 9.64 Å². The molecular weight excluding hydrogens is 340 g/mol. The van der Waals surface area contributed by atoms with Crippen molar-refractivity contribution in [1.82, 2.24) is 19.7 Å². The number of nitrogens with zero attached hydrogens (tertiary/aromatic N) is 6. The van der Waals surface area contributed by atoms with E-state index in [9.17, 15) is 0 Å². The van der Waals surface area contributed by atoms with Crippen LogP contribution in [0.5, 0.6) is 5.88 Å². The Labute approximate surface area is 159 Å². The van der Waals surface area contributed by atoms with E-state index in [2.05, 4.69) is 52.9 Å². The second kappa shape index (κ2) is 7.23. The third kappa shape index (κ3) is 4.34. The molecule has 27 heavy (non-hydrogen) atoms. The molecule has 0 fully saturated rings. The van der Waals surface area contributed by atoms with Crippen molar-refractivity contribution in [3.8, 4) is 11.9 Å². The zero-order chi connectivity index (χ0) is 19.6. The molecule has 3 rings (SSSR count). The maximum absolute atomic E-state index is 9.10. The predicted octanol–water partition coefficient (Wildman–Crippen LogP) is 3.39. The van der Waals surface area contributed by atoms with Crippen molar-refractivity contribution in [1.29, 1.82) is 5.26 Å². The molecule has 0 aliphatic rings. The van der Waals surface area contributed by atoms with Gasteiger partial charge in [-0.1, -0.05) is 32.9 Å². The van der Waals surface area contributed by atoms with Crippen molar-refractivity contribution in [2.45, 2.75) is 33.9 Å². The van der Waals surface area contributed by atoms with Gasteiger partial charge in [0, 0.05) is 32.5 Å². The molecular formula is C20H24N6O. The van der Waals surface area contributed by atoms with Crippen LogP contribution in [0.2, 0.25) is 0 Å². The van der Waals surface area contributed by atoms with E-state index in [-0.39, 0.29) is 11.2 Å². The maximum Gasteiger partial charge on any atom is 0.244 e. The summed E-state index contributed by atoms with van der Waals surface area (Å²) in [5, 5.41) is 14.4. The quantitative estimate of drug-likeness (QED) is 0.690. The second-order valence-corrected chi connectivity index (χ2v) is 7.92. The first kappa shape index (κ1) is 18.6. The highest BCUT2D eigenvalue weighted by Gasteiger charge is 2.19. The number of ether oxygens (including phenoxy) is 1. The van der Waals surface area contributed by atoms with Gasteiger partial charge in [0.05, 0.1) is 0 Å².